The summed E-state index contributed by atoms with van der Waals surface area (Å²) in [5.41, 5.74) is 1.38. The van der Waals surface area contributed by atoms with Gasteiger partial charge in [0.2, 0.25) is 5.91 Å². The van der Waals surface area contributed by atoms with E-state index in [1.165, 1.54) is 22.8 Å². The summed E-state index contributed by atoms with van der Waals surface area (Å²) in [6, 6.07) is 38.4. The van der Waals surface area contributed by atoms with Gasteiger partial charge >= 0.3 is 5.97 Å². The van der Waals surface area contributed by atoms with Crippen LogP contribution in [0.15, 0.2) is 140 Å². The van der Waals surface area contributed by atoms with Gasteiger partial charge in [0.25, 0.3) is 0 Å². The highest BCUT2D eigenvalue weighted by Gasteiger charge is 2.57. The molecule has 2 N–H and O–H groups in total. The molecule has 58 heavy (non-hydrogen) atoms. The van der Waals surface area contributed by atoms with Crippen LogP contribution >= 0.6 is 6.89 Å². The standard InChI is InChI=1S/C47H53N2O7PSi/c1-8-30-55-46(54)45(57(36-18-12-9-13-19-36,37-20-14-10-15-21-37)38-22-16-11-17-23-38)49-39(43(44(49)53)33(2)56-58(6,7)47(3,4)5)31-40(50)35-26-24-34(25-27-35)32-48-41(51)28-29-42(48)52/h8-29,33,39,43,51-52H,1,30-32H2,2-7H3/t33-,39-,43-/m1/s1. The summed E-state index contributed by atoms with van der Waals surface area (Å²) >= 11 is 0. The van der Waals surface area contributed by atoms with Gasteiger partial charge in [0.1, 0.15) is 12.0 Å². The second-order valence-corrected chi connectivity index (χ2v) is 24.3. The summed E-state index contributed by atoms with van der Waals surface area (Å²) in [4.78, 5) is 46.2. The predicted octanol–water partition coefficient (Wildman–Crippen LogP) is 7.61. The molecule has 0 saturated carbocycles. The van der Waals surface area contributed by atoms with Crippen LogP contribution in [0.25, 0.3) is 0 Å². The van der Waals surface area contributed by atoms with Crippen LogP contribution < -0.4 is 15.9 Å². The molecule has 2 heterocycles. The zero-order valence-electron chi connectivity index (χ0n) is 34.0. The molecule has 1 aliphatic rings. The summed E-state index contributed by atoms with van der Waals surface area (Å²) in [5, 5.41) is 22.8. The van der Waals surface area contributed by atoms with Gasteiger partial charge in [-0.1, -0.05) is 149 Å². The molecule has 1 saturated heterocycles. The first-order valence-corrected chi connectivity index (χ1v) is 24.2. The molecule has 3 atom stereocenters. The Kier molecular flexibility index (Phi) is 12.5. The van der Waals surface area contributed by atoms with Gasteiger partial charge in [-0.05, 0) is 46.5 Å². The molecule has 0 radical (unpaired) electrons. The molecule has 0 bridgehead atoms. The van der Waals surface area contributed by atoms with Crippen molar-refractivity contribution in [2.45, 2.75) is 70.9 Å². The molecule has 0 spiro atoms. The molecule has 1 aromatic heterocycles. The highest BCUT2D eigenvalue weighted by atomic mass is 31.2. The molecule has 0 unspecified atom stereocenters. The van der Waals surface area contributed by atoms with Crippen LogP contribution in [0.5, 0.6) is 11.8 Å². The number of carbonyl (C=O) groups excluding carboxylic acids is 3. The second-order valence-electron chi connectivity index (χ2n) is 16.2. The highest BCUT2D eigenvalue weighted by Crippen LogP contribution is 2.51. The summed E-state index contributed by atoms with van der Waals surface area (Å²) in [6.45, 7) is 13.3. The molecule has 11 heteroatoms. The van der Waals surface area contributed by atoms with Crippen molar-refractivity contribution in [2.75, 3.05) is 6.61 Å². The number of ether oxygens (including phenoxy) is 1. The van der Waals surface area contributed by atoms with Crippen molar-refractivity contribution in [3.63, 3.8) is 0 Å². The first-order chi connectivity index (χ1) is 27.6. The third-order valence-electron chi connectivity index (χ3n) is 11.5. The van der Waals surface area contributed by atoms with E-state index < -0.39 is 39.2 Å². The van der Waals surface area contributed by atoms with E-state index in [-0.39, 0.29) is 53.5 Å². The molecular weight excluding hydrogens is 764 g/mol. The quantitative estimate of drug-likeness (QED) is 0.0279. The third-order valence-corrected chi connectivity index (χ3v) is 20.3. The maximum atomic E-state index is 15.2. The Morgan fingerprint density at radius 3 is 1.74 bits per heavy atom. The van der Waals surface area contributed by atoms with Crippen molar-refractivity contribution < 1.29 is 33.8 Å². The number of β-lactam (4-membered cyclic amide) rings is 1. The normalized spacial score (nSPS) is 16.3. The fourth-order valence-corrected chi connectivity index (χ4v) is 13.4. The minimum atomic E-state index is -3.21. The maximum Gasteiger partial charge on any atom is 0.356 e. The first kappa shape index (κ1) is 42.2. The van der Waals surface area contributed by atoms with Gasteiger partial charge < -0.3 is 24.3 Å². The zero-order chi connectivity index (χ0) is 41.8. The smallest absolute Gasteiger partial charge is 0.356 e. The number of hydrogen-bond acceptors (Lipinski definition) is 7. The number of hydrogen-bond donors (Lipinski definition) is 2. The van der Waals surface area contributed by atoms with Gasteiger partial charge in [-0.2, -0.15) is 0 Å². The molecule has 4 aromatic carbocycles. The van der Waals surface area contributed by atoms with Gasteiger partial charge in [0.05, 0.1) is 24.6 Å². The molecule has 5 aromatic rings. The maximum absolute atomic E-state index is 15.2. The zero-order valence-corrected chi connectivity index (χ0v) is 35.9. The molecule has 6 rings (SSSR count). The number of carbonyl (C=O) groups is 3. The molecule has 1 fully saturated rings. The molecule has 1 aliphatic heterocycles. The average molecular weight is 817 g/mol. The van der Waals surface area contributed by atoms with E-state index in [1.54, 1.807) is 29.2 Å². The van der Waals surface area contributed by atoms with E-state index in [0.29, 0.717) is 5.56 Å². The summed E-state index contributed by atoms with van der Waals surface area (Å²) in [7, 11) is -2.40. The van der Waals surface area contributed by atoms with E-state index in [2.05, 4.69) is 40.4 Å². The topological polar surface area (TPSA) is 118 Å². The summed E-state index contributed by atoms with van der Waals surface area (Å²) in [5.74, 6) is -2.06. The number of ketones is 1. The van der Waals surface area contributed by atoms with Gasteiger partial charge in [-0.15, -0.1) is 0 Å². The Labute approximate surface area is 342 Å². The Balaban J connectivity index is 1.55. The highest BCUT2D eigenvalue weighted by molar-refractivity contribution is 7.96. The number of likely N-dealkylation sites (tertiary alicyclic amines) is 1. The lowest BCUT2D eigenvalue weighted by molar-refractivity contribution is -0.156. The van der Waals surface area contributed by atoms with Gasteiger partial charge in [-0.3, -0.25) is 14.2 Å². The number of amides is 1. The SMILES string of the molecule is C=CCOC(=O)C(N1C(=O)[C@H]([C@@H](C)O[Si](C)(C)C(C)(C)C)[C@H]1CC(=O)c1ccc(Cn2c(O)ccc2O)cc1)=P(c1ccccc1)(c1ccccc1)c1ccccc1. The van der Waals surface area contributed by atoms with Crippen molar-refractivity contribution in [3.8, 4) is 11.8 Å². The van der Waals surface area contributed by atoms with Crippen LogP contribution in [0.1, 0.15) is 50.0 Å². The van der Waals surface area contributed by atoms with Gasteiger partial charge in [0.15, 0.2) is 25.9 Å². The average Bonchev–Trinajstić information content (AvgIpc) is 3.52. The van der Waals surface area contributed by atoms with E-state index in [1.807, 2.05) is 97.9 Å². The van der Waals surface area contributed by atoms with Gasteiger partial charge in [0, 0.05) is 31.0 Å². The van der Waals surface area contributed by atoms with Crippen molar-refractivity contribution >= 4 is 54.2 Å². The van der Waals surface area contributed by atoms with E-state index in [4.69, 9.17) is 9.16 Å². The third kappa shape index (κ3) is 8.14. The Hall–Kier alpha value is -5.41. The van der Waals surface area contributed by atoms with E-state index in [9.17, 15) is 19.8 Å². The first-order valence-electron chi connectivity index (χ1n) is 19.5. The molecule has 0 aliphatic carbocycles. The van der Waals surface area contributed by atoms with Crippen molar-refractivity contribution in [1.29, 1.82) is 0 Å². The number of benzene rings is 4. The Bertz CT molecular complexity index is 2190. The van der Waals surface area contributed by atoms with Crippen LogP contribution in [0, 0.1) is 5.92 Å². The van der Waals surface area contributed by atoms with Crippen LogP contribution in [0.3, 0.4) is 0 Å². The number of Topliss-reactive ketones (excluding diaryl/α,β-unsaturated/α-hetero) is 1. The summed E-state index contributed by atoms with van der Waals surface area (Å²) in [6.07, 6.45) is 0.856. The lowest BCUT2D eigenvalue weighted by Gasteiger charge is -2.53. The fourth-order valence-electron chi connectivity index (χ4n) is 7.53. The number of nitrogens with zero attached hydrogens (tertiary/aromatic N) is 2. The Morgan fingerprint density at radius 1 is 0.810 bits per heavy atom. The predicted molar refractivity (Wildman–Crippen MR) is 235 cm³/mol. The summed E-state index contributed by atoms with van der Waals surface area (Å²) < 4.78 is 14.2. The lowest BCUT2D eigenvalue weighted by Crippen LogP contribution is -2.69. The van der Waals surface area contributed by atoms with Crippen LogP contribution in [0.2, 0.25) is 18.1 Å². The fraction of sp³-hybridized carbons (Fsp3) is 0.277. The lowest BCUT2D eigenvalue weighted by atomic mass is 9.79. The van der Waals surface area contributed by atoms with Crippen LogP contribution in [-0.4, -0.2) is 69.8 Å². The minimum absolute atomic E-state index is 0.0772. The molecule has 9 nitrogen and oxygen atoms in total. The number of aromatic hydroxyl groups is 2. The number of aromatic nitrogens is 1. The van der Waals surface area contributed by atoms with E-state index >= 15 is 4.79 Å². The van der Waals surface area contributed by atoms with Crippen LogP contribution in [0.4, 0.5) is 0 Å². The number of rotatable bonds is 15. The van der Waals surface area contributed by atoms with Crippen LogP contribution in [-0.2, 0) is 25.3 Å². The largest absolute Gasteiger partial charge is 0.494 e. The van der Waals surface area contributed by atoms with Crippen molar-refractivity contribution in [2.24, 2.45) is 5.92 Å². The monoisotopic (exact) mass is 816 g/mol. The second kappa shape index (κ2) is 17.2. The number of esters is 1. The van der Waals surface area contributed by atoms with Crippen molar-refractivity contribution in [1.82, 2.24) is 9.47 Å². The van der Waals surface area contributed by atoms with Gasteiger partial charge in [-0.25, -0.2) is 4.79 Å². The van der Waals surface area contributed by atoms with Crippen molar-refractivity contribution in [3.05, 3.63) is 151 Å². The van der Waals surface area contributed by atoms with E-state index in [0.717, 1.165) is 21.5 Å². The molecular formula is C47H53N2O7PSi. The minimum Gasteiger partial charge on any atom is -0.494 e. The molecule has 1 amide bonds. The Morgan fingerprint density at radius 2 is 1.29 bits per heavy atom. The molecule has 302 valence electrons.